The Morgan fingerprint density at radius 2 is 1.87 bits per heavy atom. The molecule has 2 N–H and O–H groups in total. The van der Waals surface area contributed by atoms with Crippen molar-refractivity contribution in [1.82, 2.24) is 4.90 Å². The standard InChI is InChI=1S/C15H19NO5.C2H6/c1-15(2,3)21-14(20)16-7-6-9-8-10(17)4-5-11(9)12(16)13(18)19;1-2/h4-5,8,12,17H,6-7H2,1-3H3,(H,18,19);1-2H3. The van der Waals surface area contributed by atoms with Crippen molar-refractivity contribution in [3.63, 3.8) is 0 Å². The number of hydrogen-bond acceptors (Lipinski definition) is 4. The number of carbonyl (C=O) groups is 2. The number of carbonyl (C=O) groups excluding carboxylic acids is 1. The summed E-state index contributed by atoms with van der Waals surface area (Å²) in [6, 6.07) is 3.41. The summed E-state index contributed by atoms with van der Waals surface area (Å²) in [5.41, 5.74) is 0.564. The number of aliphatic carboxylic acids is 1. The maximum absolute atomic E-state index is 12.2. The number of phenolic OH excluding ortho intramolecular Hbond substituents is 1. The van der Waals surface area contributed by atoms with Gasteiger partial charge in [-0.1, -0.05) is 19.9 Å². The number of amides is 1. The van der Waals surface area contributed by atoms with Crippen LogP contribution in [0.4, 0.5) is 4.79 Å². The fraction of sp³-hybridized carbons (Fsp3) is 0.529. The van der Waals surface area contributed by atoms with Gasteiger partial charge in [0.25, 0.3) is 0 Å². The minimum atomic E-state index is -1.12. The van der Waals surface area contributed by atoms with Gasteiger partial charge in [0.15, 0.2) is 6.04 Å². The first-order valence-electron chi connectivity index (χ1n) is 7.73. The Hall–Kier alpha value is -2.24. The number of benzene rings is 1. The second kappa shape index (κ2) is 7.35. The molecule has 1 aromatic carbocycles. The Bertz CT molecular complexity index is 577. The number of rotatable bonds is 1. The maximum Gasteiger partial charge on any atom is 0.411 e. The van der Waals surface area contributed by atoms with Crippen LogP contribution < -0.4 is 0 Å². The maximum atomic E-state index is 12.2. The molecule has 1 amide bonds. The van der Waals surface area contributed by atoms with Crippen molar-refractivity contribution in [3.05, 3.63) is 29.3 Å². The summed E-state index contributed by atoms with van der Waals surface area (Å²) in [7, 11) is 0. The van der Waals surface area contributed by atoms with E-state index >= 15 is 0 Å². The normalized spacial score (nSPS) is 16.7. The molecule has 0 aromatic heterocycles. The first-order chi connectivity index (χ1) is 10.7. The van der Waals surface area contributed by atoms with Gasteiger partial charge in [-0.15, -0.1) is 0 Å². The molecule has 23 heavy (non-hydrogen) atoms. The summed E-state index contributed by atoms with van der Waals surface area (Å²) >= 11 is 0. The van der Waals surface area contributed by atoms with Crippen molar-refractivity contribution in [2.45, 2.75) is 52.7 Å². The molecule has 6 nitrogen and oxygen atoms in total. The monoisotopic (exact) mass is 323 g/mol. The van der Waals surface area contributed by atoms with Crippen LogP contribution in [0.25, 0.3) is 0 Å². The molecule has 0 fully saturated rings. The van der Waals surface area contributed by atoms with Crippen molar-refractivity contribution in [2.75, 3.05) is 6.54 Å². The molecular formula is C17H25NO5. The SMILES string of the molecule is CC.CC(C)(C)OC(=O)N1CCc2cc(O)ccc2C1C(=O)O. The van der Waals surface area contributed by atoms with Crippen LogP contribution in [-0.4, -0.2) is 39.3 Å². The molecule has 1 aliphatic heterocycles. The number of aromatic hydroxyl groups is 1. The third-order valence-electron chi connectivity index (χ3n) is 3.22. The van der Waals surface area contributed by atoms with Gasteiger partial charge >= 0.3 is 12.1 Å². The third kappa shape index (κ3) is 4.61. The number of nitrogens with zero attached hydrogens (tertiary/aromatic N) is 1. The zero-order chi connectivity index (χ0) is 17.8. The van der Waals surface area contributed by atoms with E-state index < -0.39 is 23.7 Å². The zero-order valence-corrected chi connectivity index (χ0v) is 14.3. The van der Waals surface area contributed by atoms with Crippen LogP contribution in [0.5, 0.6) is 5.75 Å². The summed E-state index contributed by atoms with van der Waals surface area (Å²) in [5, 5.41) is 18.9. The molecule has 0 spiro atoms. The largest absolute Gasteiger partial charge is 0.508 e. The minimum Gasteiger partial charge on any atom is -0.508 e. The van der Waals surface area contributed by atoms with E-state index in [9.17, 15) is 19.8 Å². The van der Waals surface area contributed by atoms with Gasteiger partial charge in [-0.2, -0.15) is 0 Å². The van der Waals surface area contributed by atoms with E-state index in [2.05, 4.69) is 0 Å². The second-order valence-corrected chi connectivity index (χ2v) is 6.05. The number of phenols is 1. The minimum absolute atomic E-state index is 0.0867. The summed E-state index contributed by atoms with van der Waals surface area (Å²) in [6.07, 6.45) is -0.166. The van der Waals surface area contributed by atoms with Gasteiger partial charge in [0.1, 0.15) is 11.4 Å². The van der Waals surface area contributed by atoms with Crippen LogP contribution in [0.1, 0.15) is 51.8 Å². The fourth-order valence-corrected chi connectivity index (χ4v) is 2.40. The first-order valence-corrected chi connectivity index (χ1v) is 7.73. The van der Waals surface area contributed by atoms with E-state index in [1.165, 1.54) is 17.0 Å². The topological polar surface area (TPSA) is 87.1 Å². The van der Waals surface area contributed by atoms with Crippen molar-refractivity contribution >= 4 is 12.1 Å². The number of fused-ring (bicyclic) bond motifs is 1. The molecule has 0 saturated carbocycles. The summed E-state index contributed by atoms with van der Waals surface area (Å²) in [6.45, 7) is 9.44. The Labute approximate surface area is 136 Å². The van der Waals surface area contributed by atoms with E-state index in [0.717, 1.165) is 5.56 Å². The van der Waals surface area contributed by atoms with Gasteiger partial charge in [-0.05, 0) is 50.5 Å². The highest BCUT2D eigenvalue weighted by Gasteiger charge is 2.38. The third-order valence-corrected chi connectivity index (χ3v) is 3.22. The molecule has 0 saturated heterocycles. The Morgan fingerprint density at radius 3 is 2.39 bits per heavy atom. The lowest BCUT2D eigenvalue weighted by Gasteiger charge is -2.35. The lowest BCUT2D eigenvalue weighted by Crippen LogP contribution is -2.45. The van der Waals surface area contributed by atoms with E-state index in [1.807, 2.05) is 13.8 Å². The first kappa shape index (κ1) is 18.8. The average molecular weight is 323 g/mol. The van der Waals surface area contributed by atoms with Crippen LogP contribution in [0.2, 0.25) is 0 Å². The average Bonchev–Trinajstić information content (AvgIpc) is 2.45. The van der Waals surface area contributed by atoms with E-state index in [1.54, 1.807) is 26.8 Å². The molecule has 1 atom stereocenters. The van der Waals surface area contributed by atoms with Crippen LogP contribution in [0.3, 0.4) is 0 Å². The van der Waals surface area contributed by atoms with E-state index in [4.69, 9.17) is 4.74 Å². The van der Waals surface area contributed by atoms with Gasteiger partial charge in [-0.25, -0.2) is 9.59 Å². The lowest BCUT2D eigenvalue weighted by molar-refractivity contribution is -0.143. The number of carboxylic acid groups (broad SMARTS) is 1. The molecule has 128 valence electrons. The van der Waals surface area contributed by atoms with Crippen LogP contribution in [0.15, 0.2) is 18.2 Å². The van der Waals surface area contributed by atoms with Crippen molar-refractivity contribution < 1.29 is 24.5 Å². The summed E-state index contributed by atoms with van der Waals surface area (Å²) in [4.78, 5) is 25.0. The Kier molecular flexibility index (Phi) is 6.01. The predicted molar refractivity (Wildman–Crippen MR) is 86.5 cm³/mol. The van der Waals surface area contributed by atoms with Crippen LogP contribution >= 0.6 is 0 Å². The zero-order valence-electron chi connectivity index (χ0n) is 14.3. The van der Waals surface area contributed by atoms with Gasteiger partial charge in [0, 0.05) is 6.54 Å². The fourth-order valence-electron chi connectivity index (χ4n) is 2.40. The van der Waals surface area contributed by atoms with Crippen molar-refractivity contribution in [3.8, 4) is 5.75 Å². The molecule has 2 rings (SSSR count). The van der Waals surface area contributed by atoms with Gasteiger partial charge in [-0.3, -0.25) is 4.90 Å². The van der Waals surface area contributed by atoms with Crippen LogP contribution in [0, 0.1) is 0 Å². The molecular weight excluding hydrogens is 298 g/mol. The quantitative estimate of drug-likeness (QED) is 0.827. The molecule has 1 unspecified atom stereocenters. The smallest absolute Gasteiger partial charge is 0.411 e. The molecule has 0 aliphatic carbocycles. The Morgan fingerprint density at radius 1 is 1.26 bits per heavy atom. The van der Waals surface area contributed by atoms with E-state index in [-0.39, 0.29) is 12.3 Å². The predicted octanol–water partition coefficient (Wildman–Crippen LogP) is 3.34. The highest BCUT2D eigenvalue weighted by molar-refractivity contribution is 5.82. The summed E-state index contributed by atoms with van der Waals surface area (Å²) in [5.74, 6) is -1.03. The Balaban J connectivity index is 0.00000127. The molecule has 1 heterocycles. The molecule has 0 radical (unpaired) electrons. The molecule has 1 aliphatic rings. The van der Waals surface area contributed by atoms with Crippen molar-refractivity contribution in [2.24, 2.45) is 0 Å². The highest BCUT2D eigenvalue weighted by atomic mass is 16.6. The molecule has 6 heteroatoms. The van der Waals surface area contributed by atoms with Crippen molar-refractivity contribution in [1.29, 1.82) is 0 Å². The van der Waals surface area contributed by atoms with Gasteiger partial charge in [0.05, 0.1) is 0 Å². The molecule has 1 aromatic rings. The number of ether oxygens (including phenoxy) is 1. The van der Waals surface area contributed by atoms with E-state index in [0.29, 0.717) is 12.0 Å². The van der Waals surface area contributed by atoms with Gasteiger partial charge < -0.3 is 14.9 Å². The lowest BCUT2D eigenvalue weighted by atomic mass is 9.92. The molecule has 0 bridgehead atoms. The number of carboxylic acids is 1. The van der Waals surface area contributed by atoms with Gasteiger partial charge in [0.2, 0.25) is 0 Å². The highest BCUT2D eigenvalue weighted by Crippen LogP contribution is 2.33. The second-order valence-electron chi connectivity index (χ2n) is 6.05. The summed E-state index contributed by atoms with van der Waals surface area (Å²) < 4.78 is 5.27. The number of hydrogen-bond donors (Lipinski definition) is 2. The van der Waals surface area contributed by atoms with Crippen LogP contribution in [-0.2, 0) is 16.0 Å².